The average Bonchev–Trinajstić information content (AvgIpc) is 2.82. The van der Waals surface area contributed by atoms with Crippen molar-refractivity contribution in [2.75, 3.05) is 29.4 Å². The van der Waals surface area contributed by atoms with Gasteiger partial charge < -0.3 is 9.64 Å². The van der Waals surface area contributed by atoms with Gasteiger partial charge in [-0.25, -0.2) is 8.42 Å². The Bertz CT molecular complexity index is 1160. The van der Waals surface area contributed by atoms with E-state index >= 15 is 0 Å². The number of carbonyl (C=O) groups is 1. The van der Waals surface area contributed by atoms with Gasteiger partial charge in [-0.2, -0.15) is 0 Å². The number of rotatable bonds is 6. The summed E-state index contributed by atoms with van der Waals surface area (Å²) in [6.07, 6.45) is 1.66. The van der Waals surface area contributed by atoms with Gasteiger partial charge in [0.2, 0.25) is 0 Å². The molecule has 160 valence electrons. The molecule has 1 aliphatic heterocycles. The van der Waals surface area contributed by atoms with Gasteiger partial charge >= 0.3 is 0 Å². The third-order valence-corrected chi connectivity index (χ3v) is 7.19. The molecule has 1 aliphatic rings. The average molecular weight is 437 g/mol. The number of amides is 1. The van der Waals surface area contributed by atoms with Gasteiger partial charge in [0.1, 0.15) is 5.75 Å². The lowest BCUT2D eigenvalue weighted by Gasteiger charge is -2.30. The molecule has 6 nitrogen and oxygen atoms in total. The number of para-hydroxylation sites is 2. The molecule has 4 rings (SSSR count). The second-order valence-corrected chi connectivity index (χ2v) is 9.22. The predicted octanol–water partition coefficient (Wildman–Crippen LogP) is 3.87. The molecule has 0 fully saturated rings. The molecule has 1 heterocycles. The zero-order valence-electron chi connectivity index (χ0n) is 17.3. The number of hydrogen-bond acceptors (Lipinski definition) is 4. The molecule has 31 heavy (non-hydrogen) atoms. The molecule has 0 N–H and O–H groups in total. The Labute approximate surface area is 182 Å². The number of hydrogen-bond donors (Lipinski definition) is 0. The van der Waals surface area contributed by atoms with Crippen molar-refractivity contribution in [1.29, 1.82) is 0 Å². The topological polar surface area (TPSA) is 66.9 Å². The van der Waals surface area contributed by atoms with Crippen molar-refractivity contribution in [1.82, 2.24) is 0 Å². The largest absolute Gasteiger partial charge is 0.484 e. The van der Waals surface area contributed by atoms with Gasteiger partial charge in [0, 0.05) is 19.3 Å². The Balaban J connectivity index is 1.44. The van der Waals surface area contributed by atoms with Crippen LogP contribution in [-0.2, 0) is 21.2 Å². The lowest BCUT2D eigenvalue weighted by Crippen LogP contribution is -2.35. The molecule has 3 aromatic rings. The minimum absolute atomic E-state index is 0.142. The first-order valence-electron chi connectivity index (χ1n) is 10.1. The van der Waals surface area contributed by atoms with E-state index in [1.165, 1.54) is 21.3 Å². The van der Waals surface area contributed by atoms with Crippen molar-refractivity contribution >= 4 is 27.3 Å². The highest BCUT2D eigenvalue weighted by molar-refractivity contribution is 7.92. The normalized spacial score (nSPS) is 13.4. The lowest BCUT2D eigenvalue weighted by atomic mass is 10.0. The van der Waals surface area contributed by atoms with Gasteiger partial charge in [-0.1, -0.05) is 36.4 Å². The highest BCUT2D eigenvalue weighted by Gasteiger charge is 2.28. The van der Waals surface area contributed by atoms with Crippen LogP contribution in [0.4, 0.5) is 11.4 Å². The van der Waals surface area contributed by atoms with E-state index in [1.54, 1.807) is 19.2 Å². The predicted molar refractivity (Wildman–Crippen MR) is 121 cm³/mol. The molecule has 0 saturated carbocycles. The fourth-order valence-corrected chi connectivity index (χ4v) is 5.16. The number of benzene rings is 3. The summed E-state index contributed by atoms with van der Waals surface area (Å²) in [4.78, 5) is 14.1. The Morgan fingerprint density at radius 2 is 1.65 bits per heavy atom. The van der Waals surface area contributed by atoms with Gasteiger partial charge in [0.15, 0.2) is 6.61 Å². The van der Waals surface area contributed by atoms with Crippen molar-refractivity contribution in [3.63, 3.8) is 0 Å². The van der Waals surface area contributed by atoms with Crippen LogP contribution in [0.3, 0.4) is 0 Å². The zero-order valence-corrected chi connectivity index (χ0v) is 18.1. The molecule has 7 heteroatoms. The molecule has 0 unspecified atom stereocenters. The van der Waals surface area contributed by atoms with Crippen LogP contribution in [0.5, 0.6) is 5.75 Å². The molecule has 0 aromatic heterocycles. The second-order valence-electron chi connectivity index (χ2n) is 7.36. The van der Waals surface area contributed by atoms with E-state index in [1.807, 2.05) is 54.6 Å². The van der Waals surface area contributed by atoms with Gasteiger partial charge in [0.05, 0.1) is 10.6 Å². The first-order valence-corrected chi connectivity index (χ1v) is 11.6. The molecule has 0 atom stereocenters. The molecule has 0 spiro atoms. The van der Waals surface area contributed by atoms with E-state index in [9.17, 15) is 13.2 Å². The number of anilines is 2. The summed E-state index contributed by atoms with van der Waals surface area (Å²) >= 11 is 0. The van der Waals surface area contributed by atoms with Crippen LogP contribution in [0.2, 0.25) is 0 Å². The third-order valence-electron chi connectivity index (χ3n) is 5.36. The summed E-state index contributed by atoms with van der Waals surface area (Å²) in [5, 5.41) is 0. The van der Waals surface area contributed by atoms with E-state index in [-0.39, 0.29) is 17.4 Å². The van der Waals surface area contributed by atoms with Crippen LogP contribution in [0, 0.1) is 0 Å². The summed E-state index contributed by atoms with van der Waals surface area (Å²) in [6.45, 7) is 0.314. The summed E-state index contributed by atoms with van der Waals surface area (Å²) < 4.78 is 33.4. The van der Waals surface area contributed by atoms with Gasteiger partial charge in [-0.3, -0.25) is 9.10 Å². The summed E-state index contributed by atoms with van der Waals surface area (Å²) in [6, 6.07) is 23.1. The molecule has 0 radical (unpaired) electrons. The summed E-state index contributed by atoms with van der Waals surface area (Å²) in [5.41, 5.74) is 2.56. The number of fused-ring (bicyclic) bond motifs is 1. The van der Waals surface area contributed by atoms with Gasteiger partial charge in [-0.15, -0.1) is 0 Å². The smallest absolute Gasteiger partial charge is 0.264 e. The number of sulfonamides is 1. The molecule has 0 saturated heterocycles. The maximum Gasteiger partial charge on any atom is 0.264 e. The van der Waals surface area contributed by atoms with Crippen LogP contribution in [0.15, 0.2) is 83.8 Å². The van der Waals surface area contributed by atoms with E-state index in [0.717, 1.165) is 29.8 Å². The molecule has 0 bridgehead atoms. The second kappa shape index (κ2) is 8.81. The lowest BCUT2D eigenvalue weighted by molar-refractivity contribution is -0.120. The van der Waals surface area contributed by atoms with E-state index < -0.39 is 10.0 Å². The fourth-order valence-electron chi connectivity index (χ4n) is 3.62. The summed E-state index contributed by atoms with van der Waals surface area (Å²) in [7, 11) is -1.98. The quantitative estimate of drug-likeness (QED) is 0.588. The van der Waals surface area contributed by atoms with Crippen molar-refractivity contribution in [3.8, 4) is 5.75 Å². The van der Waals surface area contributed by atoms with E-state index in [0.29, 0.717) is 12.3 Å². The highest BCUT2D eigenvalue weighted by Crippen LogP contribution is 2.32. The molecular formula is C24H24N2O4S. The van der Waals surface area contributed by atoms with Crippen LogP contribution < -0.4 is 13.9 Å². The SMILES string of the molecule is CN(C(=O)COc1ccc(S(=O)(=O)N2CCCc3ccccc32)cc1)c1ccccc1. The van der Waals surface area contributed by atoms with Crippen molar-refractivity contribution in [3.05, 3.63) is 84.4 Å². The minimum Gasteiger partial charge on any atom is -0.484 e. The third kappa shape index (κ3) is 4.41. The van der Waals surface area contributed by atoms with Crippen molar-refractivity contribution < 1.29 is 17.9 Å². The standard InChI is InChI=1S/C24H24N2O4S/c1-25(20-10-3-2-4-11-20)24(27)18-30-21-13-15-22(16-14-21)31(28,29)26-17-7-9-19-8-5-6-12-23(19)26/h2-6,8,10-16H,7,9,17-18H2,1H3. The van der Waals surface area contributed by atoms with Gasteiger partial charge in [0.25, 0.3) is 15.9 Å². The molecule has 0 aliphatic carbocycles. The molecule has 1 amide bonds. The maximum absolute atomic E-state index is 13.2. The van der Waals surface area contributed by atoms with Crippen LogP contribution in [0.25, 0.3) is 0 Å². The van der Waals surface area contributed by atoms with Crippen molar-refractivity contribution in [2.24, 2.45) is 0 Å². The van der Waals surface area contributed by atoms with E-state index in [4.69, 9.17) is 4.74 Å². The zero-order chi connectivity index (χ0) is 21.8. The number of likely N-dealkylation sites (N-methyl/N-ethyl adjacent to an activating group) is 1. The number of aryl methyl sites for hydroxylation is 1. The molecular weight excluding hydrogens is 412 g/mol. The Morgan fingerprint density at radius 3 is 2.39 bits per heavy atom. The Hall–Kier alpha value is -3.32. The first-order chi connectivity index (χ1) is 15.0. The van der Waals surface area contributed by atoms with Gasteiger partial charge in [-0.05, 0) is 60.9 Å². The number of nitrogens with zero attached hydrogens (tertiary/aromatic N) is 2. The Morgan fingerprint density at radius 1 is 0.968 bits per heavy atom. The number of ether oxygens (including phenoxy) is 1. The monoisotopic (exact) mass is 436 g/mol. The van der Waals surface area contributed by atoms with E-state index in [2.05, 4.69) is 0 Å². The Kier molecular flexibility index (Phi) is 5.95. The van der Waals surface area contributed by atoms with Crippen LogP contribution in [0.1, 0.15) is 12.0 Å². The maximum atomic E-state index is 13.2. The fraction of sp³-hybridized carbons (Fsp3) is 0.208. The number of carbonyl (C=O) groups excluding carboxylic acids is 1. The van der Waals surface area contributed by atoms with Crippen LogP contribution in [-0.4, -0.2) is 34.5 Å². The van der Waals surface area contributed by atoms with Crippen LogP contribution >= 0.6 is 0 Å². The highest BCUT2D eigenvalue weighted by atomic mass is 32.2. The first kappa shape index (κ1) is 20.9. The minimum atomic E-state index is -3.67. The summed E-state index contributed by atoms with van der Waals surface area (Å²) in [5.74, 6) is 0.237. The molecule has 3 aromatic carbocycles. The van der Waals surface area contributed by atoms with Crippen molar-refractivity contribution in [2.45, 2.75) is 17.7 Å².